The lowest BCUT2D eigenvalue weighted by atomic mass is 9.83. The van der Waals surface area contributed by atoms with Gasteiger partial charge in [0.2, 0.25) is 0 Å². The molecule has 1 aliphatic rings. The van der Waals surface area contributed by atoms with Gasteiger partial charge in [-0.05, 0) is 13.0 Å². The van der Waals surface area contributed by atoms with Crippen molar-refractivity contribution in [2.75, 3.05) is 5.32 Å². The SMILES string of the molecule is Cc1cn2cc(C(=O)Nc3cccc4c3C(=O)c3ccccc3C4=O)nc2s1. The summed E-state index contributed by atoms with van der Waals surface area (Å²) < 4.78 is 1.79. The Labute approximate surface area is 163 Å². The number of anilines is 1. The van der Waals surface area contributed by atoms with E-state index in [9.17, 15) is 14.4 Å². The van der Waals surface area contributed by atoms with E-state index in [-0.39, 0.29) is 22.8 Å². The number of aryl methyl sites for hydroxylation is 1. The van der Waals surface area contributed by atoms with Crippen LogP contribution in [0, 0.1) is 6.92 Å². The lowest BCUT2D eigenvalue weighted by Crippen LogP contribution is -2.24. The van der Waals surface area contributed by atoms with Crippen molar-refractivity contribution in [3.05, 3.63) is 87.7 Å². The van der Waals surface area contributed by atoms with E-state index in [1.807, 2.05) is 13.1 Å². The highest BCUT2D eigenvalue weighted by Gasteiger charge is 2.31. The van der Waals surface area contributed by atoms with Crippen LogP contribution in [-0.2, 0) is 0 Å². The molecule has 2 aromatic carbocycles. The smallest absolute Gasteiger partial charge is 0.275 e. The second kappa shape index (κ2) is 5.97. The van der Waals surface area contributed by atoms with E-state index < -0.39 is 5.91 Å². The Morgan fingerprint density at radius 2 is 1.68 bits per heavy atom. The third kappa shape index (κ3) is 2.40. The van der Waals surface area contributed by atoms with Gasteiger partial charge >= 0.3 is 0 Å². The molecule has 0 unspecified atom stereocenters. The molecule has 0 spiro atoms. The molecule has 28 heavy (non-hydrogen) atoms. The molecule has 0 saturated heterocycles. The van der Waals surface area contributed by atoms with E-state index in [1.54, 1.807) is 53.1 Å². The van der Waals surface area contributed by atoms with E-state index in [0.717, 1.165) is 9.84 Å². The molecule has 1 aliphatic carbocycles. The van der Waals surface area contributed by atoms with Crippen LogP contribution in [0.4, 0.5) is 5.69 Å². The average Bonchev–Trinajstić information content (AvgIpc) is 3.23. The number of hydrogen-bond donors (Lipinski definition) is 1. The van der Waals surface area contributed by atoms with E-state index >= 15 is 0 Å². The number of thiazole rings is 1. The molecule has 0 aliphatic heterocycles. The molecular formula is C21H13N3O3S. The predicted octanol–water partition coefficient (Wildman–Crippen LogP) is 3.73. The highest BCUT2D eigenvalue weighted by Crippen LogP contribution is 2.32. The first-order chi connectivity index (χ1) is 13.5. The molecule has 0 atom stereocenters. The summed E-state index contributed by atoms with van der Waals surface area (Å²) in [5.41, 5.74) is 1.80. The van der Waals surface area contributed by atoms with Crippen LogP contribution >= 0.6 is 11.3 Å². The van der Waals surface area contributed by atoms with Gasteiger partial charge in [-0.1, -0.05) is 36.4 Å². The first kappa shape index (κ1) is 16.6. The number of imidazole rings is 1. The monoisotopic (exact) mass is 387 g/mol. The zero-order chi connectivity index (χ0) is 19.4. The van der Waals surface area contributed by atoms with Gasteiger partial charge in [0.25, 0.3) is 5.91 Å². The van der Waals surface area contributed by atoms with Crippen LogP contribution in [0.2, 0.25) is 0 Å². The van der Waals surface area contributed by atoms with Crippen LogP contribution in [0.25, 0.3) is 4.96 Å². The molecule has 2 aromatic heterocycles. The standard InChI is InChI=1S/C21H13N3O3S/c1-11-9-24-10-16(23-21(24)28-11)20(27)22-15-8-4-7-14-17(15)19(26)13-6-3-2-5-12(13)18(14)25/h2-10H,1H3,(H,22,27). The van der Waals surface area contributed by atoms with Crippen molar-refractivity contribution in [1.82, 2.24) is 9.38 Å². The van der Waals surface area contributed by atoms with E-state index in [0.29, 0.717) is 22.4 Å². The molecule has 4 aromatic rings. The van der Waals surface area contributed by atoms with Crippen molar-refractivity contribution in [2.24, 2.45) is 0 Å². The van der Waals surface area contributed by atoms with Gasteiger partial charge in [0.05, 0.1) is 11.3 Å². The van der Waals surface area contributed by atoms with Crippen molar-refractivity contribution < 1.29 is 14.4 Å². The first-order valence-corrected chi connectivity index (χ1v) is 9.42. The predicted molar refractivity (Wildman–Crippen MR) is 106 cm³/mol. The number of carbonyl (C=O) groups is 3. The fourth-order valence-corrected chi connectivity index (χ4v) is 4.26. The van der Waals surface area contributed by atoms with Crippen molar-refractivity contribution in [3.8, 4) is 0 Å². The van der Waals surface area contributed by atoms with Crippen LogP contribution in [0.5, 0.6) is 0 Å². The van der Waals surface area contributed by atoms with E-state index in [4.69, 9.17) is 0 Å². The van der Waals surface area contributed by atoms with Crippen molar-refractivity contribution >= 4 is 39.5 Å². The van der Waals surface area contributed by atoms with Gasteiger partial charge in [0.15, 0.2) is 16.5 Å². The number of carbonyl (C=O) groups excluding carboxylic acids is 3. The largest absolute Gasteiger partial charge is 0.320 e. The summed E-state index contributed by atoms with van der Waals surface area (Å²) in [7, 11) is 0. The Morgan fingerprint density at radius 3 is 2.43 bits per heavy atom. The number of aromatic nitrogens is 2. The van der Waals surface area contributed by atoms with Crippen molar-refractivity contribution in [3.63, 3.8) is 0 Å². The summed E-state index contributed by atoms with van der Waals surface area (Å²) in [6, 6.07) is 11.6. The third-order valence-corrected chi connectivity index (χ3v) is 5.62. The highest BCUT2D eigenvalue weighted by atomic mass is 32.1. The molecule has 1 N–H and O–H groups in total. The fourth-order valence-electron chi connectivity index (χ4n) is 3.46. The molecule has 6 nitrogen and oxygen atoms in total. The number of nitrogens with zero attached hydrogens (tertiary/aromatic N) is 2. The zero-order valence-corrected chi connectivity index (χ0v) is 15.5. The summed E-state index contributed by atoms with van der Waals surface area (Å²) in [4.78, 5) is 44.7. The van der Waals surface area contributed by atoms with Gasteiger partial charge in [0, 0.05) is 34.0 Å². The quantitative estimate of drug-likeness (QED) is 0.500. The summed E-state index contributed by atoms with van der Waals surface area (Å²) in [6.45, 7) is 1.97. The van der Waals surface area contributed by atoms with E-state index in [1.165, 1.54) is 11.3 Å². The maximum atomic E-state index is 13.0. The normalized spacial score (nSPS) is 12.8. The molecule has 0 radical (unpaired) electrons. The lowest BCUT2D eigenvalue weighted by Gasteiger charge is -2.20. The van der Waals surface area contributed by atoms with Gasteiger partial charge < -0.3 is 5.32 Å². The molecule has 5 rings (SSSR count). The topological polar surface area (TPSA) is 80.5 Å². The number of rotatable bonds is 2. The van der Waals surface area contributed by atoms with Crippen LogP contribution in [0.1, 0.15) is 47.2 Å². The zero-order valence-electron chi connectivity index (χ0n) is 14.7. The highest BCUT2D eigenvalue weighted by molar-refractivity contribution is 7.17. The van der Waals surface area contributed by atoms with Crippen LogP contribution < -0.4 is 5.32 Å². The minimum atomic E-state index is -0.430. The summed E-state index contributed by atoms with van der Waals surface area (Å²) >= 11 is 1.49. The van der Waals surface area contributed by atoms with Gasteiger partial charge in [-0.25, -0.2) is 4.98 Å². The molecule has 2 heterocycles. The Kier molecular flexibility index (Phi) is 3.53. The molecule has 7 heteroatoms. The molecule has 136 valence electrons. The minimum absolute atomic E-state index is 0.219. The maximum Gasteiger partial charge on any atom is 0.275 e. The summed E-state index contributed by atoms with van der Waals surface area (Å²) in [6.07, 6.45) is 3.54. The Bertz CT molecular complexity index is 1280. The van der Waals surface area contributed by atoms with Crippen molar-refractivity contribution in [1.29, 1.82) is 0 Å². The maximum absolute atomic E-state index is 13.0. The summed E-state index contributed by atoms with van der Waals surface area (Å²) in [5.74, 6) is -0.928. The van der Waals surface area contributed by atoms with Crippen molar-refractivity contribution in [2.45, 2.75) is 6.92 Å². The number of ketones is 2. The Balaban J connectivity index is 1.55. The number of benzene rings is 2. The van der Waals surface area contributed by atoms with Crippen LogP contribution in [-0.4, -0.2) is 26.9 Å². The van der Waals surface area contributed by atoms with E-state index in [2.05, 4.69) is 10.3 Å². The number of amides is 1. The van der Waals surface area contributed by atoms with Gasteiger partial charge in [0.1, 0.15) is 5.69 Å². The number of hydrogen-bond acceptors (Lipinski definition) is 5. The Morgan fingerprint density at radius 1 is 0.964 bits per heavy atom. The summed E-state index contributed by atoms with van der Waals surface area (Å²) in [5, 5.41) is 2.75. The Hall–Kier alpha value is -3.58. The third-order valence-electron chi connectivity index (χ3n) is 4.70. The second-order valence-electron chi connectivity index (χ2n) is 6.54. The molecule has 1 amide bonds. The van der Waals surface area contributed by atoms with Crippen LogP contribution in [0.15, 0.2) is 54.9 Å². The molecule has 0 fully saturated rings. The molecular weight excluding hydrogens is 374 g/mol. The molecule has 0 saturated carbocycles. The first-order valence-electron chi connectivity index (χ1n) is 8.61. The van der Waals surface area contributed by atoms with Crippen LogP contribution in [0.3, 0.4) is 0 Å². The average molecular weight is 387 g/mol. The minimum Gasteiger partial charge on any atom is -0.320 e. The fraction of sp³-hybridized carbons (Fsp3) is 0.0476. The van der Waals surface area contributed by atoms with Gasteiger partial charge in [-0.2, -0.15) is 0 Å². The van der Waals surface area contributed by atoms with Gasteiger partial charge in [-0.15, -0.1) is 11.3 Å². The lowest BCUT2D eigenvalue weighted by molar-refractivity contribution is 0.0978. The van der Waals surface area contributed by atoms with Gasteiger partial charge in [-0.3, -0.25) is 18.8 Å². The number of nitrogens with one attached hydrogen (secondary N) is 1. The second-order valence-corrected chi connectivity index (χ2v) is 7.76. The number of fused-ring (bicyclic) bond motifs is 3. The molecule has 0 bridgehead atoms.